The number of carbonyl (C=O) groups excluding carboxylic acids is 2. The molecule has 0 radical (unpaired) electrons. The topological polar surface area (TPSA) is 70.6 Å². The molecule has 0 aromatic heterocycles. The number of amides is 2. The summed E-state index contributed by atoms with van der Waals surface area (Å²) in [6.07, 6.45) is 1.38. The van der Waals surface area contributed by atoms with Crippen molar-refractivity contribution in [2.24, 2.45) is 5.10 Å². The molecule has 2 N–H and O–H groups in total. The fourth-order valence-corrected chi connectivity index (χ4v) is 2.43. The second-order valence-electron chi connectivity index (χ2n) is 5.24. The number of hydrogen-bond acceptors (Lipinski definition) is 3. The number of benzene rings is 3. The highest BCUT2D eigenvalue weighted by Gasteiger charge is 2.13. The van der Waals surface area contributed by atoms with E-state index in [-0.39, 0.29) is 0 Å². The van der Waals surface area contributed by atoms with Gasteiger partial charge in [0.15, 0.2) is 0 Å². The molecule has 0 aliphatic carbocycles. The fourth-order valence-electron chi connectivity index (χ4n) is 2.25. The molecule has 0 heterocycles. The van der Waals surface area contributed by atoms with Crippen LogP contribution in [0.3, 0.4) is 0 Å². The zero-order chi connectivity index (χ0) is 17.6. The van der Waals surface area contributed by atoms with Gasteiger partial charge in [-0.1, -0.05) is 60.1 Å². The van der Waals surface area contributed by atoms with Crippen LogP contribution in [0.4, 0.5) is 5.69 Å². The van der Waals surface area contributed by atoms with Crippen LogP contribution in [0.15, 0.2) is 71.8 Å². The maximum Gasteiger partial charge on any atom is 0.329 e. The number of anilines is 1. The van der Waals surface area contributed by atoms with Crippen LogP contribution in [-0.2, 0) is 9.59 Å². The molecule has 0 fully saturated rings. The third kappa shape index (κ3) is 4.22. The molecule has 2 amide bonds. The number of nitrogens with one attached hydrogen (secondary N) is 2. The maximum absolute atomic E-state index is 11.9. The average molecular weight is 352 g/mol. The van der Waals surface area contributed by atoms with E-state index in [9.17, 15) is 9.59 Å². The minimum Gasteiger partial charge on any atom is -0.318 e. The maximum atomic E-state index is 11.9. The number of hydrazone groups is 1. The summed E-state index contributed by atoms with van der Waals surface area (Å²) in [5.74, 6) is -1.66. The van der Waals surface area contributed by atoms with E-state index < -0.39 is 11.8 Å². The van der Waals surface area contributed by atoms with Crippen LogP contribution in [0.25, 0.3) is 10.8 Å². The zero-order valence-corrected chi connectivity index (χ0v) is 13.8. The van der Waals surface area contributed by atoms with Crippen LogP contribution in [-0.4, -0.2) is 18.0 Å². The van der Waals surface area contributed by atoms with Crippen molar-refractivity contribution < 1.29 is 9.59 Å². The Bertz CT molecular complexity index is 970. The summed E-state index contributed by atoms with van der Waals surface area (Å²) < 4.78 is 0. The SMILES string of the molecule is O=C(N/N=C/c1ccccc1Cl)C(=O)Nc1ccc2ccccc2c1. The Morgan fingerprint density at radius 2 is 1.60 bits per heavy atom. The van der Waals surface area contributed by atoms with Gasteiger partial charge in [-0.05, 0) is 29.0 Å². The lowest BCUT2D eigenvalue weighted by atomic mass is 10.1. The first-order valence-electron chi connectivity index (χ1n) is 7.51. The van der Waals surface area contributed by atoms with E-state index in [1.807, 2.05) is 30.3 Å². The fraction of sp³-hybridized carbons (Fsp3) is 0. The Balaban J connectivity index is 1.62. The van der Waals surface area contributed by atoms with E-state index in [0.717, 1.165) is 10.8 Å². The molecule has 0 saturated heterocycles. The van der Waals surface area contributed by atoms with Crippen molar-refractivity contribution in [3.8, 4) is 0 Å². The number of fused-ring (bicyclic) bond motifs is 1. The normalized spacial score (nSPS) is 10.8. The van der Waals surface area contributed by atoms with Crippen molar-refractivity contribution in [1.82, 2.24) is 5.43 Å². The summed E-state index contributed by atoms with van der Waals surface area (Å²) >= 11 is 5.97. The standard InChI is InChI=1S/C19H14ClN3O2/c20-17-8-4-3-7-15(17)12-21-23-19(25)18(24)22-16-10-9-13-5-1-2-6-14(13)11-16/h1-12H,(H,22,24)(H,23,25)/b21-12+. The molecule has 3 aromatic rings. The molecule has 0 unspecified atom stereocenters. The smallest absolute Gasteiger partial charge is 0.318 e. The lowest BCUT2D eigenvalue weighted by molar-refractivity contribution is -0.136. The van der Waals surface area contributed by atoms with Crippen molar-refractivity contribution in [2.45, 2.75) is 0 Å². The van der Waals surface area contributed by atoms with Crippen molar-refractivity contribution in [1.29, 1.82) is 0 Å². The molecule has 25 heavy (non-hydrogen) atoms. The van der Waals surface area contributed by atoms with Crippen LogP contribution in [0.1, 0.15) is 5.56 Å². The van der Waals surface area contributed by atoms with E-state index in [1.165, 1.54) is 6.21 Å². The summed E-state index contributed by atoms with van der Waals surface area (Å²) in [5.41, 5.74) is 3.35. The van der Waals surface area contributed by atoms with Crippen molar-refractivity contribution in [3.63, 3.8) is 0 Å². The summed E-state index contributed by atoms with van der Waals surface area (Å²) in [7, 11) is 0. The second kappa shape index (κ2) is 7.59. The van der Waals surface area contributed by atoms with Gasteiger partial charge in [0, 0.05) is 16.3 Å². The van der Waals surface area contributed by atoms with Crippen LogP contribution in [0, 0.1) is 0 Å². The third-order valence-electron chi connectivity index (χ3n) is 3.49. The second-order valence-corrected chi connectivity index (χ2v) is 5.64. The molecule has 0 aliphatic rings. The number of rotatable bonds is 3. The molecule has 3 rings (SSSR count). The molecule has 0 spiro atoms. The third-order valence-corrected chi connectivity index (χ3v) is 3.83. The van der Waals surface area contributed by atoms with Crippen LogP contribution in [0.2, 0.25) is 5.02 Å². The van der Waals surface area contributed by atoms with Gasteiger partial charge in [-0.2, -0.15) is 5.10 Å². The van der Waals surface area contributed by atoms with E-state index in [0.29, 0.717) is 16.3 Å². The summed E-state index contributed by atoms with van der Waals surface area (Å²) in [5, 5.41) is 8.81. The predicted octanol–water partition coefficient (Wildman–Crippen LogP) is 3.58. The Kier molecular flexibility index (Phi) is 5.06. The number of nitrogens with zero attached hydrogens (tertiary/aromatic N) is 1. The van der Waals surface area contributed by atoms with Gasteiger partial charge in [0.05, 0.1) is 6.21 Å². The van der Waals surface area contributed by atoms with Gasteiger partial charge in [0.25, 0.3) is 0 Å². The first-order valence-corrected chi connectivity index (χ1v) is 7.89. The Hall–Kier alpha value is -3.18. The summed E-state index contributed by atoms with van der Waals surface area (Å²) in [6, 6.07) is 20.2. The van der Waals surface area contributed by atoms with E-state index in [1.54, 1.807) is 36.4 Å². The quantitative estimate of drug-likeness (QED) is 0.430. The van der Waals surface area contributed by atoms with Gasteiger partial charge >= 0.3 is 11.8 Å². The Morgan fingerprint density at radius 3 is 2.40 bits per heavy atom. The minimum absolute atomic E-state index is 0.501. The van der Waals surface area contributed by atoms with E-state index in [2.05, 4.69) is 15.8 Å². The monoisotopic (exact) mass is 351 g/mol. The number of halogens is 1. The first kappa shape index (κ1) is 16.7. The molecule has 0 atom stereocenters. The lowest BCUT2D eigenvalue weighted by Gasteiger charge is -2.05. The molecule has 3 aromatic carbocycles. The Morgan fingerprint density at radius 1 is 0.880 bits per heavy atom. The highest BCUT2D eigenvalue weighted by Crippen LogP contribution is 2.18. The van der Waals surface area contributed by atoms with Gasteiger partial charge in [-0.3, -0.25) is 9.59 Å². The molecule has 0 aliphatic heterocycles. The van der Waals surface area contributed by atoms with E-state index >= 15 is 0 Å². The first-order chi connectivity index (χ1) is 12.1. The number of carbonyl (C=O) groups is 2. The highest BCUT2D eigenvalue weighted by molar-refractivity contribution is 6.39. The van der Waals surface area contributed by atoms with E-state index in [4.69, 9.17) is 11.6 Å². The van der Waals surface area contributed by atoms with Gasteiger partial charge in [0.2, 0.25) is 0 Å². The molecular formula is C19H14ClN3O2. The number of hydrogen-bond donors (Lipinski definition) is 2. The molecule has 6 heteroatoms. The average Bonchev–Trinajstić information content (AvgIpc) is 2.63. The van der Waals surface area contributed by atoms with Crippen molar-refractivity contribution >= 4 is 46.1 Å². The molecule has 124 valence electrons. The molecule has 0 bridgehead atoms. The highest BCUT2D eigenvalue weighted by atomic mass is 35.5. The minimum atomic E-state index is -0.864. The van der Waals surface area contributed by atoms with Gasteiger partial charge in [0.1, 0.15) is 0 Å². The van der Waals surface area contributed by atoms with Crippen molar-refractivity contribution in [2.75, 3.05) is 5.32 Å². The van der Waals surface area contributed by atoms with Crippen LogP contribution in [0.5, 0.6) is 0 Å². The Labute approximate surface area is 149 Å². The van der Waals surface area contributed by atoms with Gasteiger partial charge in [-0.15, -0.1) is 0 Å². The largest absolute Gasteiger partial charge is 0.329 e. The molecular weight excluding hydrogens is 338 g/mol. The zero-order valence-electron chi connectivity index (χ0n) is 13.1. The van der Waals surface area contributed by atoms with Crippen LogP contribution >= 0.6 is 11.6 Å². The molecule has 0 saturated carbocycles. The van der Waals surface area contributed by atoms with Gasteiger partial charge in [-0.25, -0.2) is 5.43 Å². The summed E-state index contributed by atoms with van der Waals surface area (Å²) in [6.45, 7) is 0. The molecule has 5 nitrogen and oxygen atoms in total. The summed E-state index contributed by atoms with van der Waals surface area (Å²) in [4.78, 5) is 23.8. The lowest BCUT2D eigenvalue weighted by Crippen LogP contribution is -2.32. The predicted molar refractivity (Wildman–Crippen MR) is 99.8 cm³/mol. The van der Waals surface area contributed by atoms with Crippen LogP contribution < -0.4 is 10.7 Å². The van der Waals surface area contributed by atoms with Crippen molar-refractivity contribution in [3.05, 3.63) is 77.3 Å². The van der Waals surface area contributed by atoms with Gasteiger partial charge < -0.3 is 5.32 Å².